The number of hydrogen-bond acceptors (Lipinski definition) is 2. The minimum Gasteiger partial charge on any atom is -0.493 e. The number of ether oxygens (including phenoxy) is 1. The Morgan fingerprint density at radius 3 is 3.00 bits per heavy atom. The van der Waals surface area contributed by atoms with Crippen LogP contribution in [0.3, 0.4) is 0 Å². The van der Waals surface area contributed by atoms with Crippen LogP contribution in [0, 0.1) is 5.92 Å². The molecule has 0 unspecified atom stereocenters. The average Bonchev–Trinajstić information content (AvgIpc) is 3.10. The minimum atomic E-state index is 0.110. The van der Waals surface area contributed by atoms with Gasteiger partial charge in [0.25, 0.3) is 0 Å². The summed E-state index contributed by atoms with van der Waals surface area (Å²) >= 11 is 0. The summed E-state index contributed by atoms with van der Waals surface area (Å²) < 4.78 is 5.71. The second-order valence-corrected chi connectivity index (χ2v) is 4.62. The van der Waals surface area contributed by atoms with Crippen LogP contribution in [0.5, 0.6) is 5.75 Å². The summed E-state index contributed by atoms with van der Waals surface area (Å²) in [5.74, 6) is 1.82. The van der Waals surface area contributed by atoms with Crippen LogP contribution < -0.4 is 10.1 Å². The number of carbonyl (C=O) groups is 1. The van der Waals surface area contributed by atoms with Crippen LogP contribution in [0.2, 0.25) is 0 Å². The van der Waals surface area contributed by atoms with Gasteiger partial charge in [-0.1, -0.05) is 0 Å². The molecule has 1 aliphatic carbocycles. The number of carbonyl (C=O) groups excluding carboxylic acids is 1. The van der Waals surface area contributed by atoms with Gasteiger partial charge in [0.2, 0.25) is 5.91 Å². The molecule has 0 atom stereocenters. The fourth-order valence-corrected chi connectivity index (χ4v) is 1.95. The summed E-state index contributed by atoms with van der Waals surface area (Å²) in [5.41, 5.74) is 2.13. The molecule has 3 nitrogen and oxygen atoms in total. The van der Waals surface area contributed by atoms with Gasteiger partial charge in [0.15, 0.2) is 0 Å². The van der Waals surface area contributed by atoms with E-state index in [0.717, 1.165) is 30.4 Å². The van der Waals surface area contributed by atoms with Gasteiger partial charge in [0.1, 0.15) is 5.75 Å². The van der Waals surface area contributed by atoms with Crippen molar-refractivity contribution in [2.45, 2.75) is 25.7 Å². The first-order valence-corrected chi connectivity index (χ1v) is 5.87. The Balaban J connectivity index is 1.73. The molecular formula is C13H15NO2. The molecule has 1 aliphatic heterocycles. The van der Waals surface area contributed by atoms with E-state index in [4.69, 9.17) is 4.74 Å². The van der Waals surface area contributed by atoms with E-state index < -0.39 is 0 Å². The van der Waals surface area contributed by atoms with E-state index >= 15 is 0 Å². The van der Waals surface area contributed by atoms with Crippen LogP contribution in [0.15, 0.2) is 18.2 Å². The molecule has 16 heavy (non-hydrogen) atoms. The first kappa shape index (κ1) is 9.70. The molecule has 1 saturated carbocycles. The molecule has 1 aromatic carbocycles. The molecule has 1 fully saturated rings. The van der Waals surface area contributed by atoms with Crippen molar-refractivity contribution >= 4 is 11.6 Å². The van der Waals surface area contributed by atoms with Crippen molar-refractivity contribution in [1.29, 1.82) is 0 Å². The van der Waals surface area contributed by atoms with Crippen LogP contribution in [-0.4, -0.2) is 12.5 Å². The van der Waals surface area contributed by atoms with E-state index in [1.807, 2.05) is 12.1 Å². The normalized spacial score (nSPS) is 18.9. The third-order valence-corrected chi connectivity index (χ3v) is 3.15. The molecule has 3 rings (SSSR count). The van der Waals surface area contributed by atoms with Crippen LogP contribution in [0.1, 0.15) is 24.8 Å². The number of aryl methyl sites for hydroxylation is 1. The van der Waals surface area contributed by atoms with Crippen molar-refractivity contribution in [2.75, 3.05) is 11.9 Å². The standard InChI is InChI=1S/C13H15NO2/c15-13-6-3-10-7-11(4-5-12(10)14-13)16-8-9-1-2-9/h4-5,7,9H,1-3,6,8H2,(H,14,15). The Labute approximate surface area is 94.8 Å². The smallest absolute Gasteiger partial charge is 0.224 e. The van der Waals surface area contributed by atoms with Gasteiger partial charge in [0.05, 0.1) is 6.61 Å². The molecule has 0 saturated heterocycles. The van der Waals surface area contributed by atoms with Crippen molar-refractivity contribution < 1.29 is 9.53 Å². The highest BCUT2D eigenvalue weighted by Gasteiger charge is 2.22. The van der Waals surface area contributed by atoms with Gasteiger partial charge in [-0.15, -0.1) is 0 Å². The number of rotatable bonds is 3. The summed E-state index contributed by atoms with van der Waals surface area (Å²) in [6.45, 7) is 0.838. The zero-order valence-corrected chi connectivity index (χ0v) is 9.16. The molecule has 84 valence electrons. The fraction of sp³-hybridized carbons (Fsp3) is 0.462. The first-order valence-electron chi connectivity index (χ1n) is 5.87. The van der Waals surface area contributed by atoms with Crippen molar-refractivity contribution in [1.82, 2.24) is 0 Å². The number of fused-ring (bicyclic) bond motifs is 1. The molecule has 1 N–H and O–H groups in total. The average molecular weight is 217 g/mol. The van der Waals surface area contributed by atoms with Gasteiger partial charge in [-0.3, -0.25) is 4.79 Å². The molecule has 0 bridgehead atoms. The summed E-state index contributed by atoms with van der Waals surface area (Å²) in [6.07, 6.45) is 4.02. The largest absolute Gasteiger partial charge is 0.493 e. The maximum absolute atomic E-state index is 11.2. The number of amides is 1. The SMILES string of the molecule is O=C1CCc2cc(OCC3CC3)ccc2N1. The second kappa shape index (κ2) is 3.81. The van der Waals surface area contributed by atoms with Crippen LogP contribution in [-0.2, 0) is 11.2 Å². The monoisotopic (exact) mass is 217 g/mol. The molecular weight excluding hydrogens is 202 g/mol. The number of anilines is 1. The number of nitrogens with one attached hydrogen (secondary N) is 1. The summed E-state index contributed by atoms with van der Waals surface area (Å²) in [7, 11) is 0. The van der Waals surface area contributed by atoms with Gasteiger partial charge < -0.3 is 10.1 Å². The van der Waals surface area contributed by atoms with Crippen molar-refractivity contribution in [3.63, 3.8) is 0 Å². The predicted molar refractivity (Wildman–Crippen MR) is 61.6 cm³/mol. The lowest BCUT2D eigenvalue weighted by Gasteiger charge is -2.17. The van der Waals surface area contributed by atoms with Gasteiger partial charge in [-0.25, -0.2) is 0 Å². The molecule has 3 heteroatoms. The maximum atomic E-state index is 11.2. The number of benzene rings is 1. The van der Waals surface area contributed by atoms with Gasteiger partial charge >= 0.3 is 0 Å². The molecule has 0 aromatic heterocycles. The van der Waals surface area contributed by atoms with E-state index in [2.05, 4.69) is 11.4 Å². The molecule has 2 aliphatic rings. The summed E-state index contributed by atoms with van der Waals surface area (Å²) in [5, 5.41) is 2.87. The van der Waals surface area contributed by atoms with Gasteiger partial charge in [-0.05, 0) is 48.9 Å². The van der Waals surface area contributed by atoms with E-state index in [9.17, 15) is 4.79 Å². The summed E-state index contributed by atoms with van der Waals surface area (Å²) in [4.78, 5) is 11.2. The van der Waals surface area contributed by atoms with Crippen LogP contribution >= 0.6 is 0 Å². The molecule has 0 radical (unpaired) electrons. The molecule has 1 amide bonds. The molecule has 1 aromatic rings. The Morgan fingerprint density at radius 1 is 1.31 bits per heavy atom. The van der Waals surface area contributed by atoms with Gasteiger partial charge in [0, 0.05) is 12.1 Å². The lowest BCUT2D eigenvalue weighted by Crippen LogP contribution is -2.18. The predicted octanol–water partition coefficient (Wildman–Crippen LogP) is 2.36. The maximum Gasteiger partial charge on any atom is 0.224 e. The Bertz CT molecular complexity index is 424. The molecule has 1 heterocycles. The highest BCUT2D eigenvalue weighted by atomic mass is 16.5. The van der Waals surface area contributed by atoms with Crippen molar-refractivity contribution in [3.05, 3.63) is 23.8 Å². The third kappa shape index (κ3) is 2.03. The molecule has 0 spiro atoms. The topological polar surface area (TPSA) is 38.3 Å². The summed E-state index contributed by atoms with van der Waals surface area (Å²) in [6, 6.07) is 5.93. The van der Waals surface area contributed by atoms with E-state index in [-0.39, 0.29) is 5.91 Å². The van der Waals surface area contributed by atoms with E-state index in [1.165, 1.54) is 18.4 Å². The van der Waals surface area contributed by atoms with Crippen molar-refractivity contribution in [3.8, 4) is 5.75 Å². The van der Waals surface area contributed by atoms with Crippen LogP contribution in [0.4, 0.5) is 5.69 Å². The first-order chi connectivity index (χ1) is 7.81. The van der Waals surface area contributed by atoms with E-state index in [0.29, 0.717) is 6.42 Å². The zero-order valence-electron chi connectivity index (χ0n) is 9.16. The quantitative estimate of drug-likeness (QED) is 0.844. The third-order valence-electron chi connectivity index (χ3n) is 3.15. The van der Waals surface area contributed by atoms with Gasteiger partial charge in [-0.2, -0.15) is 0 Å². The van der Waals surface area contributed by atoms with Crippen LogP contribution in [0.25, 0.3) is 0 Å². The van der Waals surface area contributed by atoms with Crippen molar-refractivity contribution in [2.24, 2.45) is 5.92 Å². The Morgan fingerprint density at radius 2 is 2.19 bits per heavy atom. The Kier molecular flexibility index (Phi) is 2.31. The highest BCUT2D eigenvalue weighted by Crippen LogP contribution is 2.31. The Hall–Kier alpha value is -1.51. The lowest BCUT2D eigenvalue weighted by atomic mass is 10.0. The minimum absolute atomic E-state index is 0.110. The second-order valence-electron chi connectivity index (χ2n) is 4.62. The lowest BCUT2D eigenvalue weighted by molar-refractivity contribution is -0.116. The number of hydrogen-bond donors (Lipinski definition) is 1. The van der Waals surface area contributed by atoms with E-state index in [1.54, 1.807) is 0 Å². The zero-order chi connectivity index (χ0) is 11.0. The highest BCUT2D eigenvalue weighted by molar-refractivity contribution is 5.93. The fourth-order valence-electron chi connectivity index (χ4n) is 1.95.